The molecule has 40 heavy (non-hydrogen) atoms. The highest BCUT2D eigenvalue weighted by Gasteiger charge is 2.51. The van der Waals surface area contributed by atoms with E-state index in [0.717, 1.165) is 35.4 Å². The molecule has 0 saturated carbocycles. The molecule has 1 aromatic heterocycles. The zero-order chi connectivity index (χ0) is 27.7. The molecule has 5 aromatic rings. The van der Waals surface area contributed by atoms with Crippen molar-refractivity contribution in [2.45, 2.75) is 58.2 Å². The van der Waals surface area contributed by atoms with Crippen molar-refractivity contribution >= 4 is 0 Å². The first-order valence-corrected chi connectivity index (χ1v) is 14.4. The van der Waals surface area contributed by atoms with Crippen LogP contribution in [0.3, 0.4) is 0 Å². The Kier molecular flexibility index (Phi) is 7.12. The smallest absolute Gasteiger partial charge is 0.114 e. The topological polar surface area (TPSA) is 25.4 Å². The molecule has 2 heterocycles. The zero-order valence-electron chi connectivity index (χ0n) is 23.9. The fourth-order valence-electron chi connectivity index (χ4n) is 5.61. The molecule has 1 unspecified atom stereocenters. The van der Waals surface area contributed by atoms with Crippen LogP contribution < -0.4 is 0 Å². The number of aromatic nitrogens is 1. The predicted octanol–water partition coefficient (Wildman–Crippen LogP) is 9.57. The van der Waals surface area contributed by atoms with Gasteiger partial charge in [0.25, 0.3) is 0 Å². The molecule has 1 fully saturated rings. The second-order valence-electron chi connectivity index (χ2n) is 11.8. The summed E-state index contributed by atoms with van der Waals surface area (Å²) in [5.74, 6) is 0.352. The molecule has 0 spiro atoms. The van der Waals surface area contributed by atoms with E-state index >= 15 is 0 Å². The number of hydrogen-bond donors (Lipinski definition) is 0. The summed E-state index contributed by atoms with van der Waals surface area (Å²) in [5, 5.41) is 0. The molecule has 1 aliphatic rings. The molecule has 0 radical (unpaired) electrons. The molecular weight excluding hydrogens is 486 g/mol. The molecule has 0 N–H and O–H groups in total. The number of benzene rings is 4. The van der Waals surface area contributed by atoms with Crippen molar-refractivity contribution in [3.63, 3.8) is 0 Å². The summed E-state index contributed by atoms with van der Waals surface area (Å²) in [6, 6.07) is 41.4. The first kappa shape index (κ1) is 26.2. The van der Waals surface area contributed by atoms with E-state index in [-0.39, 0.29) is 11.7 Å². The highest BCUT2D eigenvalue weighted by atomic mass is 16.6. The Morgan fingerprint density at radius 2 is 1.10 bits per heavy atom. The first-order chi connectivity index (χ1) is 19.4. The Balaban J connectivity index is 1.38. The molecule has 4 aromatic carbocycles. The average molecular weight is 524 g/mol. The van der Waals surface area contributed by atoms with Crippen LogP contribution in [0.15, 0.2) is 115 Å². The van der Waals surface area contributed by atoms with E-state index < -0.39 is 0 Å². The average Bonchev–Trinajstić information content (AvgIpc) is 3.61. The van der Waals surface area contributed by atoms with E-state index in [0.29, 0.717) is 5.92 Å². The lowest BCUT2D eigenvalue weighted by molar-refractivity contribution is 0.325. The Hall–Kier alpha value is -4.01. The van der Waals surface area contributed by atoms with Gasteiger partial charge in [-0.25, -0.2) is 4.98 Å². The maximum absolute atomic E-state index is 6.22. The van der Waals surface area contributed by atoms with Crippen molar-refractivity contribution in [1.82, 2.24) is 4.98 Å². The monoisotopic (exact) mass is 523 g/mol. The maximum atomic E-state index is 6.22. The lowest BCUT2D eigenvalue weighted by Gasteiger charge is -2.19. The van der Waals surface area contributed by atoms with Gasteiger partial charge >= 0.3 is 0 Å². The third-order valence-electron chi connectivity index (χ3n) is 7.95. The van der Waals surface area contributed by atoms with Crippen molar-refractivity contribution < 1.29 is 4.74 Å². The van der Waals surface area contributed by atoms with Crippen molar-refractivity contribution in [1.29, 1.82) is 0 Å². The van der Waals surface area contributed by atoms with Gasteiger partial charge in [-0.05, 0) is 66.5 Å². The molecule has 1 saturated heterocycles. The lowest BCUT2D eigenvalue weighted by atomic mass is 9.87. The number of ether oxygens (including phenoxy) is 1. The maximum Gasteiger partial charge on any atom is 0.114 e. The van der Waals surface area contributed by atoms with Gasteiger partial charge in [-0.1, -0.05) is 123 Å². The molecule has 6 rings (SSSR count). The summed E-state index contributed by atoms with van der Waals surface area (Å²) in [6.07, 6.45) is 1.91. The number of nitrogens with zero attached hydrogens (tertiary/aromatic N) is 1. The van der Waals surface area contributed by atoms with Crippen molar-refractivity contribution in [3.8, 4) is 22.5 Å². The third-order valence-corrected chi connectivity index (χ3v) is 7.95. The van der Waals surface area contributed by atoms with E-state index in [1.807, 2.05) is 0 Å². The molecule has 1 aliphatic heterocycles. The van der Waals surface area contributed by atoms with Gasteiger partial charge in [-0.15, -0.1) is 0 Å². The van der Waals surface area contributed by atoms with Gasteiger partial charge in [-0.3, -0.25) is 0 Å². The van der Waals surface area contributed by atoms with Crippen LogP contribution in [0.1, 0.15) is 73.1 Å². The summed E-state index contributed by atoms with van der Waals surface area (Å²) >= 11 is 0. The van der Waals surface area contributed by atoms with Crippen molar-refractivity contribution in [2.75, 3.05) is 0 Å². The van der Waals surface area contributed by atoms with Gasteiger partial charge in [0.2, 0.25) is 0 Å². The van der Waals surface area contributed by atoms with Crippen molar-refractivity contribution in [2.24, 2.45) is 0 Å². The van der Waals surface area contributed by atoms with Gasteiger partial charge in [0.1, 0.15) is 6.10 Å². The molecule has 0 amide bonds. The Morgan fingerprint density at radius 3 is 1.55 bits per heavy atom. The minimum atomic E-state index is -0.173. The van der Waals surface area contributed by atoms with Gasteiger partial charge in [-0.2, -0.15) is 0 Å². The van der Waals surface area contributed by atoms with E-state index in [4.69, 9.17) is 9.72 Å². The van der Waals surface area contributed by atoms with E-state index in [2.05, 4.69) is 143 Å². The summed E-state index contributed by atoms with van der Waals surface area (Å²) < 4.78 is 6.22. The largest absolute Gasteiger partial charge is 0.361 e. The second kappa shape index (κ2) is 10.9. The number of epoxide rings is 1. The van der Waals surface area contributed by atoms with Gasteiger partial charge < -0.3 is 4.74 Å². The normalized spacial score (nSPS) is 15.8. The molecule has 0 aliphatic carbocycles. The fraction of sp³-hybridized carbons (Fsp3) is 0.237. The van der Waals surface area contributed by atoms with E-state index in [1.165, 1.54) is 33.4 Å². The first-order valence-electron chi connectivity index (χ1n) is 14.4. The fourth-order valence-corrected chi connectivity index (χ4v) is 5.61. The number of pyridine rings is 1. The summed E-state index contributed by atoms with van der Waals surface area (Å²) in [4.78, 5) is 5.33. The van der Waals surface area contributed by atoms with Crippen LogP contribution in [0.5, 0.6) is 0 Å². The molecule has 1 atom stereocenters. The molecule has 2 nitrogen and oxygen atoms in total. The van der Waals surface area contributed by atoms with Crippen LogP contribution in [0.2, 0.25) is 0 Å². The third kappa shape index (κ3) is 5.64. The van der Waals surface area contributed by atoms with Crippen LogP contribution >= 0.6 is 0 Å². The highest BCUT2D eigenvalue weighted by Crippen LogP contribution is 2.53. The number of hydrogen-bond acceptors (Lipinski definition) is 2. The zero-order valence-corrected chi connectivity index (χ0v) is 23.9. The van der Waals surface area contributed by atoms with Crippen LogP contribution in [-0.2, 0) is 17.6 Å². The van der Waals surface area contributed by atoms with Crippen LogP contribution in [-0.4, -0.2) is 10.6 Å². The van der Waals surface area contributed by atoms with E-state index in [9.17, 15) is 0 Å². The SMILES string of the molecule is CC(C)c1cc(-c2ccc(Cc3ccccc3)cc2)nc(-c2ccc(Cc3ccccc3)cc2)c1C1OC1(C)C. The molecule has 2 heteroatoms. The van der Waals surface area contributed by atoms with E-state index in [1.54, 1.807) is 0 Å². The Bertz CT molecular complexity index is 1580. The molecular formula is C38H37NO. The van der Waals surface area contributed by atoms with Crippen LogP contribution in [0, 0.1) is 0 Å². The quantitative estimate of drug-likeness (QED) is 0.189. The minimum absolute atomic E-state index is 0.0543. The molecule has 200 valence electrons. The van der Waals surface area contributed by atoms with Gasteiger partial charge in [0.05, 0.1) is 17.0 Å². The minimum Gasteiger partial charge on any atom is -0.361 e. The van der Waals surface area contributed by atoms with Gasteiger partial charge in [0.15, 0.2) is 0 Å². The summed E-state index contributed by atoms with van der Waals surface area (Å²) in [5.41, 5.74) is 12.0. The summed E-state index contributed by atoms with van der Waals surface area (Å²) in [7, 11) is 0. The van der Waals surface area contributed by atoms with Crippen LogP contribution in [0.25, 0.3) is 22.5 Å². The Morgan fingerprint density at radius 1 is 0.650 bits per heavy atom. The van der Waals surface area contributed by atoms with Gasteiger partial charge in [0, 0.05) is 16.7 Å². The highest BCUT2D eigenvalue weighted by molar-refractivity contribution is 5.72. The predicted molar refractivity (Wildman–Crippen MR) is 166 cm³/mol. The second-order valence-corrected chi connectivity index (χ2v) is 11.8. The Labute approximate surface area is 238 Å². The molecule has 0 bridgehead atoms. The standard InChI is InChI=1S/C38H37NO/c1-26(2)33-25-34(31-19-15-29(16-20-31)23-27-11-7-5-8-12-27)39-36(35(33)37-38(3,4)40-37)32-21-17-30(18-22-32)24-28-13-9-6-10-14-28/h5-22,25-26,37H,23-24H2,1-4H3. The van der Waals surface area contributed by atoms with Crippen LogP contribution in [0.4, 0.5) is 0 Å². The van der Waals surface area contributed by atoms with Crippen molar-refractivity contribution in [3.05, 3.63) is 149 Å². The summed E-state index contributed by atoms with van der Waals surface area (Å²) in [6.45, 7) is 8.89. The number of rotatable bonds is 8. The lowest BCUT2D eigenvalue weighted by Crippen LogP contribution is -2.07.